The van der Waals surface area contributed by atoms with E-state index in [1.807, 2.05) is 20.8 Å². The van der Waals surface area contributed by atoms with E-state index in [-0.39, 0.29) is 5.97 Å². The lowest BCUT2D eigenvalue weighted by atomic mass is 9.98. The van der Waals surface area contributed by atoms with Gasteiger partial charge in [0.15, 0.2) is 0 Å². The molecule has 110 valence electrons. The van der Waals surface area contributed by atoms with Crippen molar-refractivity contribution in [1.82, 2.24) is 19.9 Å². The van der Waals surface area contributed by atoms with E-state index in [2.05, 4.69) is 14.9 Å². The Labute approximate surface area is 119 Å². The van der Waals surface area contributed by atoms with Crippen molar-refractivity contribution in [1.29, 1.82) is 0 Å². The summed E-state index contributed by atoms with van der Waals surface area (Å²) in [5, 5.41) is 1.75. The third-order valence-electron chi connectivity index (χ3n) is 3.16. The Bertz CT molecular complexity index is 436. The van der Waals surface area contributed by atoms with Crippen molar-refractivity contribution in [2.75, 3.05) is 26.2 Å². The van der Waals surface area contributed by atoms with E-state index in [0.29, 0.717) is 0 Å². The lowest BCUT2D eigenvalue weighted by Gasteiger charge is -2.34. The molecule has 0 bridgehead atoms. The first-order valence-electron chi connectivity index (χ1n) is 6.90. The maximum Gasteiger partial charge on any atom is 0.330 e. The predicted octanol–water partition coefficient (Wildman–Crippen LogP) is 1.10. The standard InChI is InChI=1S/C14H22N4O2/c1-14(2,3)13(19)20-18-8-6-17(7-9-18)11-12-10-15-4-5-16-12/h4-5,10H,6-9,11H2,1-3H3. The van der Waals surface area contributed by atoms with E-state index < -0.39 is 5.41 Å². The molecule has 1 aliphatic rings. The van der Waals surface area contributed by atoms with E-state index in [1.54, 1.807) is 23.7 Å². The Hall–Kier alpha value is -1.53. The van der Waals surface area contributed by atoms with Gasteiger partial charge in [0.2, 0.25) is 0 Å². The van der Waals surface area contributed by atoms with Gasteiger partial charge in [0.1, 0.15) is 0 Å². The summed E-state index contributed by atoms with van der Waals surface area (Å²) in [6.07, 6.45) is 5.16. The fraction of sp³-hybridized carbons (Fsp3) is 0.643. The fourth-order valence-corrected chi connectivity index (χ4v) is 1.87. The molecule has 6 nitrogen and oxygen atoms in total. The molecule has 0 N–H and O–H groups in total. The number of carbonyl (C=O) groups excluding carboxylic acids is 1. The first-order valence-corrected chi connectivity index (χ1v) is 6.90. The molecule has 0 aromatic carbocycles. The Morgan fingerprint density at radius 2 is 1.95 bits per heavy atom. The monoisotopic (exact) mass is 278 g/mol. The summed E-state index contributed by atoms with van der Waals surface area (Å²) in [5.41, 5.74) is 0.504. The highest BCUT2D eigenvalue weighted by atomic mass is 16.7. The van der Waals surface area contributed by atoms with E-state index >= 15 is 0 Å². The van der Waals surface area contributed by atoms with Crippen LogP contribution in [0.25, 0.3) is 0 Å². The van der Waals surface area contributed by atoms with Gasteiger partial charge in [-0.1, -0.05) is 0 Å². The fourth-order valence-electron chi connectivity index (χ4n) is 1.87. The molecule has 6 heteroatoms. The molecular formula is C14H22N4O2. The third-order valence-corrected chi connectivity index (χ3v) is 3.16. The smallest absolute Gasteiger partial charge is 0.330 e. The van der Waals surface area contributed by atoms with Crippen molar-refractivity contribution < 1.29 is 9.63 Å². The molecule has 1 aromatic heterocycles. The second-order valence-corrected chi connectivity index (χ2v) is 6.03. The number of aromatic nitrogens is 2. The topological polar surface area (TPSA) is 58.6 Å². The second kappa shape index (κ2) is 6.28. The van der Waals surface area contributed by atoms with Crippen molar-refractivity contribution >= 4 is 5.97 Å². The number of piperazine rings is 1. The van der Waals surface area contributed by atoms with Crippen LogP contribution in [0.15, 0.2) is 18.6 Å². The largest absolute Gasteiger partial charge is 0.367 e. The normalized spacial score (nSPS) is 17.9. The highest BCUT2D eigenvalue weighted by Gasteiger charge is 2.27. The van der Waals surface area contributed by atoms with Crippen molar-refractivity contribution in [3.05, 3.63) is 24.3 Å². The van der Waals surface area contributed by atoms with Crippen LogP contribution in [-0.4, -0.2) is 52.1 Å². The molecule has 0 unspecified atom stereocenters. The minimum absolute atomic E-state index is 0.181. The van der Waals surface area contributed by atoms with Gasteiger partial charge in [-0.2, -0.15) is 0 Å². The van der Waals surface area contributed by atoms with Crippen molar-refractivity contribution in [3.8, 4) is 0 Å². The summed E-state index contributed by atoms with van der Waals surface area (Å²) in [5.74, 6) is -0.181. The molecule has 2 rings (SSSR count). The third kappa shape index (κ3) is 4.25. The Morgan fingerprint density at radius 3 is 2.50 bits per heavy atom. The van der Waals surface area contributed by atoms with E-state index in [1.165, 1.54) is 0 Å². The SMILES string of the molecule is CC(C)(C)C(=O)ON1CCN(Cc2cnccn2)CC1. The maximum atomic E-state index is 11.8. The number of hydroxylamine groups is 2. The number of hydrogen-bond acceptors (Lipinski definition) is 6. The van der Waals surface area contributed by atoms with Crippen molar-refractivity contribution in [2.45, 2.75) is 27.3 Å². The molecule has 1 saturated heterocycles. The molecule has 2 heterocycles. The number of carbonyl (C=O) groups is 1. The van der Waals surface area contributed by atoms with Crippen LogP contribution >= 0.6 is 0 Å². The van der Waals surface area contributed by atoms with Crippen LogP contribution in [-0.2, 0) is 16.2 Å². The van der Waals surface area contributed by atoms with Crippen LogP contribution in [0.1, 0.15) is 26.5 Å². The summed E-state index contributed by atoms with van der Waals surface area (Å²) >= 11 is 0. The zero-order valence-corrected chi connectivity index (χ0v) is 12.4. The minimum atomic E-state index is -0.462. The van der Waals surface area contributed by atoms with Gasteiger partial charge < -0.3 is 4.84 Å². The zero-order valence-electron chi connectivity index (χ0n) is 12.4. The molecule has 0 radical (unpaired) electrons. The molecule has 0 atom stereocenters. The molecule has 0 amide bonds. The maximum absolute atomic E-state index is 11.8. The van der Waals surface area contributed by atoms with Crippen LogP contribution in [0, 0.1) is 5.41 Å². The van der Waals surface area contributed by atoms with Gasteiger partial charge in [-0.05, 0) is 20.8 Å². The summed E-state index contributed by atoms with van der Waals surface area (Å²) in [6, 6.07) is 0. The molecule has 0 saturated carbocycles. The average Bonchev–Trinajstić information content (AvgIpc) is 2.41. The van der Waals surface area contributed by atoms with Gasteiger partial charge in [0.25, 0.3) is 0 Å². The highest BCUT2D eigenvalue weighted by molar-refractivity contribution is 5.75. The number of rotatable bonds is 3. The number of nitrogens with zero attached hydrogens (tertiary/aromatic N) is 4. The van der Waals surface area contributed by atoms with Gasteiger partial charge in [0, 0.05) is 51.3 Å². The minimum Gasteiger partial charge on any atom is -0.367 e. The second-order valence-electron chi connectivity index (χ2n) is 6.03. The Kier molecular flexibility index (Phi) is 4.67. The predicted molar refractivity (Wildman–Crippen MR) is 74.4 cm³/mol. The summed E-state index contributed by atoms with van der Waals surface area (Å²) in [6.45, 7) is 9.53. The van der Waals surface area contributed by atoms with E-state index in [9.17, 15) is 4.79 Å². The van der Waals surface area contributed by atoms with Gasteiger partial charge in [-0.15, -0.1) is 5.06 Å². The van der Waals surface area contributed by atoms with E-state index in [0.717, 1.165) is 38.4 Å². The first-order chi connectivity index (χ1) is 9.45. The average molecular weight is 278 g/mol. The molecule has 0 spiro atoms. The Morgan fingerprint density at radius 1 is 1.25 bits per heavy atom. The summed E-state index contributed by atoms with van der Waals surface area (Å²) < 4.78 is 0. The van der Waals surface area contributed by atoms with Gasteiger partial charge >= 0.3 is 5.97 Å². The quantitative estimate of drug-likeness (QED) is 0.825. The summed E-state index contributed by atoms with van der Waals surface area (Å²) in [7, 11) is 0. The molecular weight excluding hydrogens is 256 g/mol. The molecule has 20 heavy (non-hydrogen) atoms. The van der Waals surface area contributed by atoms with Gasteiger partial charge in [-0.25, -0.2) is 4.79 Å². The van der Waals surface area contributed by atoms with Crippen LogP contribution < -0.4 is 0 Å². The van der Waals surface area contributed by atoms with E-state index in [4.69, 9.17) is 4.84 Å². The Balaban J connectivity index is 1.77. The highest BCUT2D eigenvalue weighted by Crippen LogP contribution is 2.17. The molecule has 1 aliphatic heterocycles. The van der Waals surface area contributed by atoms with Crippen LogP contribution in [0.3, 0.4) is 0 Å². The summed E-state index contributed by atoms with van der Waals surface area (Å²) in [4.78, 5) is 27.8. The first kappa shape index (κ1) is 14.9. The molecule has 0 aliphatic carbocycles. The van der Waals surface area contributed by atoms with Crippen LogP contribution in [0.5, 0.6) is 0 Å². The molecule has 1 fully saturated rings. The lowest BCUT2D eigenvalue weighted by molar-refractivity contribution is -0.207. The van der Waals surface area contributed by atoms with Gasteiger partial charge in [-0.3, -0.25) is 14.9 Å². The zero-order chi connectivity index (χ0) is 14.6. The number of hydrogen-bond donors (Lipinski definition) is 0. The van der Waals surface area contributed by atoms with Gasteiger partial charge in [0.05, 0.1) is 11.1 Å². The van der Waals surface area contributed by atoms with Crippen molar-refractivity contribution in [3.63, 3.8) is 0 Å². The van der Waals surface area contributed by atoms with Crippen LogP contribution in [0.4, 0.5) is 0 Å². The van der Waals surface area contributed by atoms with Crippen molar-refractivity contribution in [2.24, 2.45) is 5.41 Å². The molecule has 1 aromatic rings. The van der Waals surface area contributed by atoms with Crippen LogP contribution in [0.2, 0.25) is 0 Å². The lowest BCUT2D eigenvalue weighted by Crippen LogP contribution is -2.47.